The van der Waals surface area contributed by atoms with Crippen molar-refractivity contribution in [1.82, 2.24) is 10.2 Å². The van der Waals surface area contributed by atoms with E-state index < -0.39 is 6.04 Å². The molecule has 1 amide bonds. The summed E-state index contributed by atoms with van der Waals surface area (Å²) < 4.78 is 13.5. The molecule has 5 rings (SSSR count). The number of fused-ring (bicyclic) bond motifs is 1. The summed E-state index contributed by atoms with van der Waals surface area (Å²) in [5.74, 6) is -0.590. The Labute approximate surface area is 177 Å². The molecule has 0 aliphatic carbocycles. The number of rotatable bonds is 3. The zero-order valence-corrected chi connectivity index (χ0v) is 16.8. The normalized spacial score (nSPS) is 15.5. The van der Waals surface area contributed by atoms with Gasteiger partial charge in [0.1, 0.15) is 11.5 Å². The van der Waals surface area contributed by atoms with Crippen LogP contribution in [-0.4, -0.2) is 16.1 Å². The summed E-state index contributed by atoms with van der Waals surface area (Å²) in [4.78, 5) is 15.0. The first-order valence-corrected chi connectivity index (χ1v) is 9.91. The van der Waals surface area contributed by atoms with E-state index >= 15 is 0 Å². The van der Waals surface area contributed by atoms with Crippen LogP contribution >= 0.6 is 11.6 Å². The maximum Gasteiger partial charge on any atom is 0.277 e. The standard InChI is InChI=1S/C24H17ClFN3O/c1-14-6-8-15(9-7-14)21-20-22(28-27-21)24(30)29(17-12-10-16(26)11-13-17)23(20)18-4-2-3-5-19(18)25/h2-13,23H,1H3,(H,27,28). The second kappa shape index (κ2) is 7.11. The molecule has 0 fully saturated rings. The summed E-state index contributed by atoms with van der Waals surface area (Å²) >= 11 is 6.55. The third kappa shape index (κ3) is 2.90. The Morgan fingerprint density at radius 3 is 2.40 bits per heavy atom. The lowest BCUT2D eigenvalue weighted by Crippen LogP contribution is -2.29. The zero-order chi connectivity index (χ0) is 20.8. The number of anilines is 1. The molecule has 1 N–H and O–H groups in total. The third-order valence-corrected chi connectivity index (χ3v) is 5.74. The van der Waals surface area contributed by atoms with E-state index in [-0.39, 0.29) is 11.7 Å². The van der Waals surface area contributed by atoms with Crippen LogP contribution in [0.25, 0.3) is 11.3 Å². The molecule has 4 nitrogen and oxygen atoms in total. The topological polar surface area (TPSA) is 49.0 Å². The van der Waals surface area contributed by atoms with Crippen molar-refractivity contribution in [2.75, 3.05) is 4.90 Å². The van der Waals surface area contributed by atoms with E-state index in [9.17, 15) is 9.18 Å². The van der Waals surface area contributed by atoms with E-state index in [1.165, 1.54) is 12.1 Å². The van der Waals surface area contributed by atoms with Crippen LogP contribution in [0.1, 0.15) is 33.2 Å². The van der Waals surface area contributed by atoms with Crippen LogP contribution < -0.4 is 4.90 Å². The van der Waals surface area contributed by atoms with Crippen molar-refractivity contribution < 1.29 is 9.18 Å². The molecule has 1 unspecified atom stereocenters. The fraction of sp³-hybridized carbons (Fsp3) is 0.0833. The van der Waals surface area contributed by atoms with Gasteiger partial charge in [-0.1, -0.05) is 59.6 Å². The average Bonchev–Trinajstić information content (AvgIpc) is 3.29. The lowest BCUT2D eigenvalue weighted by atomic mass is 9.95. The number of nitrogens with zero attached hydrogens (tertiary/aromatic N) is 2. The summed E-state index contributed by atoms with van der Waals surface area (Å²) in [6.07, 6.45) is 0. The van der Waals surface area contributed by atoms with Gasteiger partial charge in [0, 0.05) is 21.8 Å². The smallest absolute Gasteiger partial charge is 0.277 e. The molecule has 1 aromatic heterocycles. The van der Waals surface area contributed by atoms with Crippen molar-refractivity contribution in [3.63, 3.8) is 0 Å². The van der Waals surface area contributed by atoms with Gasteiger partial charge < -0.3 is 0 Å². The van der Waals surface area contributed by atoms with Gasteiger partial charge in [-0.2, -0.15) is 5.10 Å². The number of halogens is 2. The van der Waals surface area contributed by atoms with Crippen molar-refractivity contribution in [3.8, 4) is 11.3 Å². The maximum absolute atomic E-state index is 13.5. The minimum atomic E-state index is -0.485. The minimum absolute atomic E-state index is 0.229. The number of hydrogen-bond acceptors (Lipinski definition) is 2. The number of hydrogen-bond donors (Lipinski definition) is 1. The van der Waals surface area contributed by atoms with Gasteiger partial charge in [0.15, 0.2) is 0 Å². The van der Waals surface area contributed by atoms with Gasteiger partial charge in [-0.05, 0) is 42.8 Å². The molecule has 0 saturated heterocycles. The van der Waals surface area contributed by atoms with Gasteiger partial charge in [0.05, 0.1) is 11.7 Å². The molecule has 4 aromatic rings. The molecule has 2 heterocycles. The van der Waals surface area contributed by atoms with Crippen LogP contribution in [0.5, 0.6) is 0 Å². The van der Waals surface area contributed by atoms with E-state index in [1.807, 2.05) is 49.4 Å². The SMILES string of the molecule is Cc1ccc(-c2n[nH]c3c2C(c2ccccc2Cl)N(c2ccc(F)cc2)C3=O)cc1. The van der Waals surface area contributed by atoms with Crippen LogP contribution in [0.4, 0.5) is 10.1 Å². The predicted octanol–water partition coefficient (Wildman–Crippen LogP) is 5.93. The Balaban J connectivity index is 1.74. The van der Waals surface area contributed by atoms with Crippen LogP contribution in [0.2, 0.25) is 5.02 Å². The molecule has 3 aromatic carbocycles. The first kappa shape index (κ1) is 18.6. The van der Waals surface area contributed by atoms with Crippen molar-refractivity contribution >= 4 is 23.2 Å². The van der Waals surface area contributed by atoms with Gasteiger partial charge in [-0.3, -0.25) is 14.8 Å². The first-order valence-electron chi connectivity index (χ1n) is 9.53. The number of amides is 1. The van der Waals surface area contributed by atoms with Crippen molar-refractivity contribution in [2.24, 2.45) is 0 Å². The highest BCUT2D eigenvalue weighted by atomic mass is 35.5. The number of aryl methyl sites for hydroxylation is 1. The lowest BCUT2D eigenvalue weighted by Gasteiger charge is -2.27. The number of carbonyl (C=O) groups excluding carboxylic acids is 1. The monoisotopic (exact) mass is 417 g/mol. The number of H-pyrrole nitrogens is 1. The van der Waals surface area contributed by atoms with Crippen LogP contribution in [0, 0.1) is 12.7 Å². The van der Waals surface area contributed by atoms with Gasteiger partial charge in [0.25, 0.3) is 5.91 Å². The number of carbonyl (C=O) groups is 1. The molecule has 0 radical (unpaired) electrons. The van der Waals surface area contributed by atoms with E-state index in [0.29, 0.717) is 22.1 Å². The Bertz CT molecular complexity index is 1250. The fourth-order valence-corrected chi connectivity index (χ4v) is 4.18. The average molecular weight is 418 g/mol. The first-order chi connectivity index (χ1) is 14.5. The molecular formula is C24H17ClFN3O. The lowest BCUT2D eigenvalue weighted by molar-refractivity contribution is 0.0988. The number of nitrogens with one attached hydrogen (secondary N) is 1. The Morgan fingerprint density at radius 1 is 1.00 bits per heavy atom. The van der Waals surface area contributed by atoms with Gasteiger partial charge in [0.2, 0.25) is 0 Å². The second-order valence-electron chi connectivity index (χ2n) is 7.30. The maximum atomic E-state index is 13.5. The van der Waals surface area contributed by atoms with Crippen molar-refractivity contribution in [1.29, 1.82) is 0 Å². The molecule has 0 saturated carbocycles. The van der Waals surface area contributed by atoms with Crippen LogP contribution in [0.15, 0.2) is 72.8 Å². The number of aromatic nitrogens is 2. The van der Waals surface area contributed by atoms with E-state index in [4.69, 9.17) is 11.6 Å². The van der Waals surface area contributed by atoms with Gasteiger partial charge >= 0.3 is 0 Å². The molecule has 1 aliphatic heterocycles. The van der Waals surface area contributed by atoms with E-state index in [2.05, 4.69) is 10.2 Å². The Hall–Kier alpha value is -3.44. The Morgan fingerprint density at radius 2 is 1.70 bits per heavy atom. The molecule has 0 bridgehead atoms. The summed E-state index contributed by atoms with van der Waals surface area (Å²) in [5, 5.41) is 7.93. The highest BCUT2D eigenvalue weighted by Gasteiger charge is 2.43. The predicted molar refractivity (Wildman–Crippen MR) is 115 cm³/mol. The van der Waals surface area contributed by atoms with Gasteiger partial charge in [-0.15, -0.1) is 0 Å². The van der Waals surface area contributed by atoms with E-state index in [1.54, 1.807) is 23.1 Å². The minimum Gasteiger partial charge on any atom is -0.295 e. The largest absolute Gasteiger partial charge is 0.295 e. The van der Waals surface area contributed by atoms with E-state index in [0.717, 1.165) is 22.3 Å². The molecule has 1 aliphatic rings. The molecule has 0 spiro atoms. The quantitative estimate of drug-likeness (QED) is 0.449. The third-order valence-electron chi connectivity index (χ3n) is 5.40. The number of aromatic amines is 1. The number of benzene rings is 3. The van der Waals surface area contributed by atoms with Crippen LogP contribution in [0.3, 0.4) is 0 Å². The van der Waals surface area contributed by atoms with Crippen LogP contribution in [-0.2, 0) is 0 Å². The van der Waals surface area contributed by atoms with Crippen molar-refractivity contribution in [3.05, 3.63) is 106 Å². The fourth-order valence-electron chi connectivity index (χ4n) is 3.94. The highest BCUT2D eigenvalue weighted by Crippen LogP contribution is 2.46. The van der Waals surface area contributed by atoms with Gasteiger partial charge in [-0.25, -0.2) is 4.39 Å². The second-order valence-corrected chi connectivity index (χ2v) is 7.71. The summed E-state index contributed by atoms with van der Waals surface area (Å²) in [7, 11) is 0. The molecular weight excluding hydrogens is 401 g/mol. The summed E-state index contributed by atoms with van der Waals surface area (Å²) in [6.45, 7) is 2.02. The summed E-state index contributed by atoms with van der Waals surface area (Å²) in [5.41, 5.74) is 5.30. The molecule has 30 heavy (non-hydrogen) atoms. The zero-order valence-electron chi connectivity index (χ0n) is 16.1. The van der Waals surface area contributed by atoms with Crippen molar-refractivity contribution in [2.45, 2.75) is 13.0 Å². The highest BCUT2D eigenvalue weighted by molar-refractivity contribution is 6.31. The molecule has 1 atom stereocenters. The summed E-state index contributed by atoms with van der Waals surface area (Å²) in [6, 6.07) is 20.8. The Kier molecular flexibility index (Phi) is 4.40. The molecule has 148 valence electrons. The molecule has 6 heteroatoms.